The summed E-state index contributed by atoms with van der Waals surface area (Å²) in [6.45, 7) is 0. The van der Waals surface area contributed by atoms with E-state index in [4.69, 9.17) is 23.2 Å². The van der Waals surface area contributed by atoms with Gasteiger partial charge in [-0.1, -0.05) is 48.5 Å². The van der Waals surface area contributed by atoms with Gasteiger partial charge in [-0.25, -0.2) is 0 Å². The van der Waals surface area contributed by atoms with Crippen molar-refractivity contribution in [3.05, 3.63) is 52.3 Å². The largest absolute Gasteiger partial charge is 0.381 e. The zero-order valence-corrected chi connectivity index (χ0v) is 14.7. The van der Waals surface area contributed by atoms with Crippen LogP contribution < -0.4 is 10.6 Å². The highest BCUT2D eigenvalue weighted by Crippen LogP contribution is 2.30. The van der Waals surface area contributed by atoms with Gasteiger partial charge in [0, 0.05) is 18.4 Å². The van der Waals surface area contributed by atoms with Crippen LogP contribution in [0.2, 0.25) is 10.0 Å². The summed E-state index contributed by atoms with van der Waals surface area (Å²) in [5, 5.41) is 6.98. The summed E-state index contributed by atoms with van der Waals surface area (Å²) in [4.78, 5) is 16.6. The summed E-state index contributed by atoms with van der Waals surface area (Å²) in [5.74, 6) is -0.265. The van der Waals surface area contributed by atoms with Gasteiger partial charge in [0.2, 0.25) is 0 Å². The number of benzene rings is 1. The summed E-state index contributed by atoms with van der Waals surface area (Å²) in [6.07, 6.45) is 9.41. The van der Waals surface area contributed by atoms with Crippen molar-refractivity contribution < 1.29 is 4.79 Å². The average Bonchev–Trinajstić information content (AvgIpc) is 2.60. The zero-order chi connectivity index (χ0) is 16.9. The van der Waals surface area contributed by atoms with Crippen LogP contribution in [0.4, 0.5) is 11.4 Å². The standard InChI is InChI=1S/C18H19Cl2N3O/c19-15-7-4-8-16(17(15)20)23-18(24)12-9-14(11-21-10-12)22-13-5-2-1-3-6-13/h4,7-11,13,22H,1-3,5-6H2,(H,23,24). The molecule has 1 saturated carbocycles. The Morgan fingerprint density at radius 1 is 1.12 bits per heavy atom. The van der Waals surface area contributed by atoms with Gasteiger partial charge in [0.25, 0.3) is 5.91 Å². The van der Waals surface area contributed by atoms with Gasteiger partial charge in [-0.15, -0.1) is 0 Å². The number of carbonyl (C=O) groups excluding carboxylic acids is 1. The average molecular weight is 364 g/mol. The van der Waals surface area contributed by atoms with Gasteiger partial charge in [0.1, 0.15) is 0 Å². The number of carbonyl (C=O) groups is 1. The molecule has 126 valence electrons. The molecule has 6 heteroatoms. The van der Waals surface area contributed by atoms with E-state index < -0.39 is 0 Å². The molecule has 0 unspecified atom stereocenters. The topological polar surface area (TPSA) is 54.0 Å². The fourth-order valence-electron chi connectivity index (χ4n) is 2.92. The van der Waals surface area contributed by atoms with Crippen LogP contribution in [0.3, 0.4) is 0 Å². The maximum atomic E-state index is 12.4. The molecular weight excluding hydrogens is 345 g/mol. The molecule has 0 bridgehead atoms. The van der Waals surface area contributed by atoms with Crippen LogP contribution in [-0.2, 0) is 0 Å². The second-order valence-electron chi connectivity index (χ2n) is 6.00. The van der Waals surface area contributed by atoms with Gasteiger partial charge in [0.15, 0.2) is 0 Å². The van der Waals surface area contributed by atoms with Crippen LogP contribution in [-0.4, -0.2) is 16.9 Å². The van der Waals surface area contributed by atoms with Gasteiger partial charge < -0.3 is 10.6 Å². The van der Waals surface area contributed by atoms with Crippen LogP contribution in [0.25, 0.3) is 0 Å². The molecule has 0 spiro atoms. The van der Waals surface area contributed by atoms with E-state index in [2.05, 4.69) is 15.6 Å². The van der Waals surface area contributed by atoms with E-state index in [0.29, 0.717) is 27.3 Å². The van der Waals surface area contributed by atoms with Crippen LogP contribution in [0, 0.1) is 0 Å². The summed E-state index contributed by atoms with van der Waals surface area (Å²) in [5.41, 5.74) is 1.83. The molecular formula is C18H19Cl2N3O. The lowest BCUT2D eigenvalue weighted by molar-refractivity contribution is 0.102. The van der Waals surface area contributed by atoms with Crippen LogP contribution in [0.1, 0.15) is 42.5 Å². The quantitative estimate of drug-likeness (QED) is 0.765. The molecule has 2 N–H and O–H groups in total. The second kappa shape index (κ2) is 7.86. The van der Waals surface area contributed by atoms with Gasteiger partial charge in [-0.2, -0.15) is 0 Å². The highest BCUT2D eigenvalue weighted by Gasteiger charge is 2.15. The molecule has 4 nitrogen and oxygen atoms in total. The first-order chi connectivity index (χ1) is 11.6. The molecule has 1 amide bonds. The van der Waals surface area contributed by atoms with E-state index in [-0.39, 0.29) is 5.91 Å². The molecule has 0 saturated heterocycles. The van der Waals surface area contributed by atoms with Gasteiger partial charge in [0.05, 0.1) is 27.0 Å². The molecule has 1 aliphatic rings. The normalized spacial score (nSPS) is 15.1. The fraction of sp³-hybridized carbons (Fsp3) is 0.333. The summed E-state index contributed by atoms with van der Waals surface area (Å²) >= 11 is 12.1. The minimum atomic E-state index is -0.265. The van der Waals surface area contributed by atoms with Gasteiger partial charge in [-0.05, 0) is 31.0 Å². The molecule has 1 heterocycles. The third-order valence-corrected chi connectivity index (χ3v) is 5.00. The molecule has 2 aromatic rings. The third kappa shape index (κ3) is 4.19. The van der Waals surface area contributed by atoms with E-state index in [9.17, 15) is 4.79 Å². The number of nitrogens with zero attached hydrogens (tertiary/aromatic N) is 1. The fourth-order valence-corrected chi connectivity index (χ4v) is 3.27. The number of nitrogens with one attached hydrogen (secondary N) is 2. The molecule has 0 radical (unpaired) electrons. The zero-order valence-electron chi connectivity index (χ0n) is 13.2. The smallest absolute Gasteiger partial charge is 0.257 e. The van der Waals surface area contributed by atoms with Crippen molar-refractivity contribution in [2.45, 2.75) is 38.1 Å². The minimum absolute atomic E-state index is 0.265. The van der Waals surface area contributed by atoms with E-state index in [1.807, 2.05) is 6.07 Å². The van der Waals surface area contributed by atoms with E-state index >= 15 is 0 Å². The van der Waals surface area contributed by atoms with Crippen molar-refractivity contribution in [3.8, 4) is 0 Å². The highest BCUT2D eigenvalue weighted by atomic mass is 35.5. The lowest BCUT2D eigenvalue weighted by Crippen LogP contribution is -2.22. The Bertz CT molecular complexity index is 730. The van der Waals surface area contributed by atoms with E-state index in [0.717, 1.165) is 18.5 Å². The molecule has 0 atom stereocenters. The van der Waals surface area contributed by atoms with E-state index in [1.165, 1.54) is 19.3 Å². The minimum Gasteiger partial charge on any atom is -0.381 e. The molecule has 1 aromatic carbocycles. The number of halogens is 2. The Kier molecular flexibility index (Phi) is 5.59. The van der Waals surface area contributed by atoms with Crippen molar-refractivity contribution in [2.75, 3.05) is 10.6 Å². The number of anilines is 2. The monoisotopic (exact) mass is 363 g/mol. The maximum absolute atomic E-state index is 12.4. The SMILES string of the molecule is O=C(Nc1cccc(Cl)c1Cl)c1cncc(NC2CCCCC2)c1. The molecule has 0 aliphatic heterocycles. The molecule has 24 heavy (non-hydrogen) atoms. The number of aromatic nitrogens is 1. The number of amides is 1. The third-order valence-electron chi connectivity index (χ3n) is 4.18. The lowest BCUT2D eigenvalue weighted by atomic mass is 9.95. The van der Waals surface area contributed by atoms with Crippen molar-refractivity contribution in [2.24, 2.45) is 0 Å². The first-order valence-corrected chi connectivity index (χ1v) is 8.86. The van der Waals surface area contributed by atoms with Gasteiger partial charge in [-0.3, -0.25) is 9.78 Å². The van der Waals surface area contributed by atoms with Crippen molar-refractivity contribution >= 4 is 40.5 Å². The highest BCUT2D eigenvalue weighted by molar-refractivity contribution is 6.44. The van der Waals surface area contributed by atoms with Crippen LogP contribution in [0.5, 0.6) is 0 Å². The van der Waals surface area contributed by atoms with Crippen LogP contribution in [0.15, 0.2) is 36.7 Å². The predicted octanol–water partition coefficient (Wildman–Crippen LogP) is 5.39. The molecule has 1 aliphatic carbocycles. The van der Waals surface area contributed by atoms with E-state index in [1.54, 1.807) is 30.6 Å². The van der Waals surface area contributed by atoms with Crippen molar-refractivity contribution in [1.82, 2.24) is 4.98 Å². The number of hydrogen-bond acceptors (Lipinski definition) is 3. The Labute approximate surface area is 151 Å². The molecule has 3 rings (SSSR count). The Hall–Kier alpha value is -1.78. The molecule has 1 fully saturated rings. The van der Waals surface area contributed by atoms with Crippen molar-refractivity contribution in [1.29, 1.82) is 0 Å². The van der Waals surface area contributed by atoms with Gasteiger partial charge >= 0.3 is 0 Å². The molecule has 1 aromatic heterocycles. The van der Waals surface area contributed by atoms with Crippen molar-refractivity contribution in [3.63, 3.8) is 0 Å². The Morgan fingerprint density at radius 3 is 2.71 bits per heavy atom. The number of pyridine rings is 1. The number of rotatable bonds is 4. The summed E-state index contributed by atoms with van der Waals surface area (Å²) in [7, 11) is 0. The second-order valence-corrected chi connectivity index (χ2v) is 6.78. The Morgan fingerprint density at radius 2 is 1.92 bits per heavy atom. The maximum Gasteiger partial charge on any atom is 0.257 e. The summed E-state index contributed by atoms with van der Waals surface area (Å²) in [6, 6.07) is 7.40. The first-order valence-electron chi connectivity index (χ1n) is 8.10. The summed E-state index contributed by atoms with van der Waals surface area (Å²) < 4.78 is 0. The lowest BCUT2D eigenvalue weighted by Gasteiger charge is -2.23. The predicted molar refractivity (Wildman–Crippen MR) is 99.1 cm³/mol. The Balaban J connectivity index is 1.70. The first kappa shape index (κ1) is 17.1. The number of hydrogen-bond donors (Lipinski definition) is 2. The van der Waals surface area contributed by atoms with Crippen LogP contribution >= 0.6 is 23.2 Å².